The summed E-state index contributed by atoms with van der Waals surface area (Å²) in [5.41, 5.74) is -0.201. The Labute approximate surface area is 193 Å². The number of aliphatic hydroxyl groups is 1. The van der Waals surface area contributed by atoms with Crippen molar-refractivity contribution in [2.45, 2.75) is 117 Å². The maximum Gasteiger partial charge on any atom is 0.192 e. The predicted octanol–water partition coefficient (Wildman–Crippen LogP) is 6.55. The van der Waals surface area contributed by atoms with Crippen LogP contribution in [-0.2, 0) is 13.9 Å². The normalized spacial score (nSPS) is 32.3. The SMILES string of the molecule is COCOC(C)(C)/C=C/[C@@H](O)[C@@H](C)[C@H]1CC[C@H]2[C@@H](O[Si](C)(C)C(C)(C)C)CCC[C@]12C. The van der Waals surface area contributed by atoms with Crippen LogP contribution in [-0.4, -0.2) is 45.1 Å². The van der Waals surface area contributed by atoms with Gasteiger partial charge in [-0.2, -0.15) is 0 Å². The van der Waals surface area contributed by atoms with Gasteiger partial charge in [-0.25, -0.2) is 0 Å². The Morgan fingerprint density at radius 2 is 1.77 bits per heavy atom. The minimum Gasteiger partial charge on any atom is -0.414 e. The molecule has 0 aromatic heterocycles. The van der Waals surface area contributed by atoms with Crippen molar-refractivity contribution >= 4 is 8.32 Å². The van der Waals surface area contributed by atoms with E-state index in [0.717, 1.165) is 0 Å². The fraction of sp³-hybridized carbons (Fsp3) is 0.923. The zero-order valence-corrected chi connectivity index (χ0v) is 23.0. The van der Waals surface area contributed by atoms with Crippen LogP contribution in [0.1, 0.15) is 80.6 Å². The molecule has 0 saturated heterocycles. The van der Waals surface area contributed by atoms with Gasteiger partial charge in [-0.1, -0.05) is 53.2 Å². The summed E-state index contributed by atoms with van der Waals surface area (Å²) in [5, 5.41) is 11.3. The fourth-order valence-electron chi connectivity index (χ4n) is 5.72. The molecule has 0 aliphatic heterocycles. The molecule has 2 aliphatic carbocycles. The molecule has 2 aliphatic rings. The maximum absolute atomic E-state index is 11.0. The van der Waals surface area contributed by atoms with Crippen molar-refractivity contribution in [3.63, 3.8) is 0 Å². The van der Waals surface area contributed by atoms with Gasteiger partial charge in [-0.15, -0.1) is 0 Å². The lowest BCUT2D eigenvalue weighted by molar-refractivity contribution is -0.0924. The van der Waals surface area contributed by atoms with Crippen LogP contribution in [0.15, 0.2) is 12.2 Å². The van der Waals surface area contributed by atoms with Gasteiger partial charge in [0.2, 0.25) is 0 Å². The first-order valence-electron chi connectivity index (χ1n) is 12.3. The van der Waals surface area contributed by atoms with Crippen LogP contribution in [0.5, 0.6) is 0 Å². The number of aliphatic hydroxyl groups excluding tert-OH is 1. The summed E-state index contributed by atoms with van der Waals surface area (Å²) in [7, 11) is -0.161. The number of rotatable bonds is 9. The number of ether oxygens (including phenoxy) is 2. The van der Waals surface area contributed by atoms with Crippen LogP contribution in [0.3, 0.4) is 0 Å². The Kier molecular flexibility index (Phi) is 8.69. The quantitative estimate of drug-likeness (QED) is 0.244. The summed E-state index contributed by atoms with van der Waals surface area (Å²) in [6.45, 7) is 20.7. The van der Waals surface area contributed by atoms with Gasteiger partial charge in [-0.05, 0) is 80.8 Å². The van der Waals surface area contributed by atoms with E-state index >= 15 is 0 Å². The van der Waals surface area contributed by atoms with E-state index in [9.17, 15) is 5.11 Å². The Balaban J connectivity index is 2.11. The molecule has 0 aromatic carbocycles. The summed E-state index contributed by atoms with van der Waals surface area (Å²) in [6.07, 6.45) is 9.93. The molecule has 0 amide bonds. The molecular weight excluding hydrogens is 404 g/mol. The Morgan fingerprint density at radius 3 is 2.35 bits per heavy atom. The lowest BCUT2D eigenvalue weighted by Gasteiger charge is -2.50. The van der Waals surface area contributed by atoms with Crippen molar-refractivity contribution < 1.29 is 19.0 Å². The molecule has 6 atom stereocenters. The highest BCUT2D eigenvalue weighted by atomic mass is 28.4. The summed E-state index contributed by atoms with van der Waals surface area (Å²) in [6, 6.07) is 0. The second-order valence-corrected chi connectivity index (χ2v) is 17.2. The molecule has 0 heterocycles. The van der Waals surface area contributed by atoms with Crippen LogP contribution in [0.25, 0.3) is 0 Å². The van der Waals surface area contributed by atoms with E-state index in [0.29, 0.717) is 17.9 Å². The standard InChI is InChI=1S/C26H50O4Si/c1-19(22(27)15-17-25(5,6)29-18-28-8)20-13-14-21-23(12-11-16-26(20,21)7)30-31(9,10)24(2,3)4/h15,17,19-23,27H,11-14,16,18H2,1-10H3/b17-15+/t19-,20+,21-,22+,23-,26+/m0/s1. The average molecular weight is 455 g/mol. The first-order valence-corrected chi connectivity index (χ1v) is 15.2. The molecule has 0 bridgehead atoms. The third-order valence-electron chi connectivity index (χ3n) is 8.80. The van der Waals surface area contributed by atoms with Gasteiger partial charge in [0, 0.05) is 13.2 Å². The molecule has 2 fully saturated rings. The average Bonchev–Trinajstić information content (AvgIpc) is 3.01. The second kappa shape index (κ2) is 9.96. The van der Waals surface area contributed by atoms with Gasteiger partial charge >= 0.3 is 0 Å². The van der Waals surface area contributed by atoms with E-state index in [1.54, 1.807) is 7.11 Å². The van der Waals surface area contributed by atoms with Crippen molar-refractivity contribution in [3.8, 4) is 0 Å². The molecule has 0 unspecified atom stereocenters. The van der Waals surface area contributed by atoms with Gasteiger partial charge in [0.25, 0.3) is 0 Å². The van der Waals surface area contributed by atoms with Gasteiger partial charge in [0.1, 0.15) is 6.79 Å². The minimum absolute atomic E-state index is 0.219. The lowest BCUT2D eigenvalue weighted by atomic mass is 9.61. The van der Waals surface area contributed by atoms with Crippen molar-refractivity contribution in [2.75, 3.05) is 13.9 Å². The van der Waals surface area contributed by atoms with E-state index in [2.05, 4.69) is 47.7 Å². The van der Waals surface area contributed by atoms with E-state index in [1.165, 1.54) is 32.1 Å². The number of methoxy groups -OCH3 is 1. The van der Waals surface area contributed by atoms with Crippen molar-refractivity contribution in [3.05, 3.63) is 12.2 Å². The van der Waals surface area contributed by atoms with Crippen LogP contribution in [0, 0.1) is 23.2 Å². The highest BCUT2D eigenvalue weighted by Gasteiger charge is 2.55. The number of fused-ring (bicyclic) bond motifs is 1. The summed E-state index contributed by atoms with van der Waals surface area (Å²) in [5.74, 6) is 1.35. The van der Waals surface area contributed by atoms with E-state index in [-0.39, 0.29) is 23.2 Å². The third-order valence-corrected chi connectivity index (χ3v) is 13.3. The zero-order valence-electron chi connectivity index (χ0n) is 22.0. The Hall–Kier alpha value is -0.203. The molecule has 182 valence electrons. The first kappa shape index (κ1) is 27.0. The van der Waals surface area contributed by atoms with E-state index in [1.807, 2.05) is 26.0 Å². The van der Waals surface area contributed by atoms with Crippen molar-refractivity contribution in [1.29, 1.82) is 0 Å². The Bertz CT molecular complexity index is 609. The molecule has 2 rings (SSSR count). The zero-order chi connectivity index (χ0) is 23.7. The fourth-order valence-corrected chi connectivity index (χ4v) is 7.12. The van der Waals surface area contributed by atoms with Crippen LogP contribution >= 0.6 is 0 Å². The monoisotopic (exact) mass is 454 g/mol. The largest absolute Gasteiger partial charge is 0.414 e. The third kappa shape index (κ3) is 6.23. The van der Waals surface area contributed by atoms with Crippen molar-refractivity contribution in [1.82, 2.24) is 0 Å². The predicted molar refractivity (Wildman–Crippen MR) is 132 cm³/mol. The molecule has 4 nitrogen and oxygen atoms in total. The second-order valence-electron chi connectivity index (χ2n) is 12.5. The highest BCUT2D eigenvalue weighted by Crippen LogP contribution is 2.59. The van der Waals surface area contributed by atoms with Crippen LogP contribution in [0.2, 0.25) is 18.1 Å². The highest BCUT2D eigenvalue weighted by molar-refractivity contribution is 6.74. The van der Waals surface area contributed by atoms with Gasteiger partial charge in [-0.3, -0.25) is 0 Å². The van der Waals surface area contributed by atoms with Crippen LogP contribution in [0.4, 0.5) is 0 Å². The van der Waals surface area contributed by atoms with E-state index in [4.69, 9.17) is 13.9 Å². The molecule has 0 aromatic rings. The lowest BCUT2D eigenvalue weighted by Crippen LogP contribution is -2.50. The maximum atomic E-state index is 11.0. The van der Waals surface area contributed by atoms with Gasteiger partial charge < -0.3 is 19.0 Å². The molecule has 1 N–H and O–H groups in total. The summed E-state index contributed by atoms with van der Waals surface area (Å²) in [4.78, 5) is 0. The van der Waals surface area contributed by atoms with Crippen LogP contribution < -0.4 is 0 Å². The summed E-state index contributed by atoms with van der Waals surface area (Å²) >= 11 is 0. The number of hydrogen-bond donors (Lipinski definition) is 1. The topological polar surface area (TPSA) is 47.9 Å². The first-order chi connectivity index (χ1) is 14.1. The molecule has 0 radical (unpaired) electrons. The smallest absolute Gasteiger partial charge is 0.192 e. The molecule has 2 saturated carbocycles. The van der Waals surface area contributed by atoms with E-state index < -0.39 is 20.0 Å². The molecular formula is C26H50O4Si. The van der Waals surface area contributed by atoms with Crippen molar-refractivity contribution in [2.24, 2.45) is 23.2 Å². The van der Waals surface area contributed by atoms with Gasteiger partial charge in [0.15, 0.2) is 8.32 Å². The molecule has 31 heavy (non-hydrogen) atoms. The molecule has 5 heteroatoms. The minimum atomic E-state index is -1.79. The number of hydrogen-bond acceptors (Lipinski definition) is 4. The molecule has 0 spiro atoms. The summed E-state index contributed by atoms with van der Waals surface area (Å²) < 4.78 is 17.7. The Morgan fingerprint density at radius 1 is 1.13 bits per heavy atom. The van der Waals surface area contributed by atoms with Gasteiger partial charge in [0.05, 0.1) is 11.7 Å².